The summed E-state index contributed by atoms with van der Waals surface area (Å²) in [6.45, 7) is 0.415. The molecule has 0 aromatic heterocycles. The minimum absolute atomic E-state index is 0.415. The number of hydrogen-bond donors (Lipinski definition) is 3. The van der Waals surface area contributed by atoms with Gasteiger partial charge in [-0.15, -0.1) is 0 Å². The lowest BCUT2D eigenvalue weighted by molar-refractivity contribution is -0.139. The highest BCUT2D eigenvalue weighted by Gasteiger charge is 2.18. The fourth-order valence-electron chi connectivity index (χ4n) is 1.90. The summed E-state index contributed by atoms with van der Waals surface area (Å²) in [5, 5.41) is 12.3. The molecule has 0 saturated heterocycles. The van der Waals surface area contributed by atoms with Crippen LogP contribution in [0.15, 0.2) is 54.6 Å². The van der Waals surface area contributed by atoms with E-state index < -0.39 is 12.0 Å². The first-order valence-corrected chi connectivity index (χ1v) is 6.03. The molecule has 2 aromatic carbocycles. The van der Waals surface area contributed by atoms with Crippen LogP contribution in [0, 0.1) is 0 Å². The molecule has 4 heteroatoms. The summed E-state index contributed by atoms with van der Waals surface area (Å²) in [6, 6.07) is 15.8. The predicted molar refractivity (Wildman–Crippen MR) is 74.5 cm³/mol. The van der Waals surface area contributed by atoms with Gasteiger partial charge in [-0.3, -0.25) is 10.1 Å². The largest absolute Gasteiger partial charge is 0.480 e. The molecule has 0 bridgehead atoms. The number of nitrogens with two attached hydrogens (primary N) is 1. The van der Waals surface area contributed by atoms with Gasteiger partial charge in [-0.05, 0) is 17.2 Å². The summed E-state index contributed by atoms with van der Waals surface area (Å²) < 4.78 is 0. The van der Waals surface area contributed by atoms with Crippen LogP contribution < -0.4 is 11.1 Å². The van der Waals surface area contributed by atoms with Crippen molar-refractivity contribution in [3.05, 3.63) is 65.7 Å². The molecule has 0 aliphatic heterocycles. The topological polar surface area (TPSA) is 75.3 Å². The number of anilines is 1. The average molecular weight is 256 g/mol. The number of benzene rings is 2. The molecule has 2 aromatic rings. The Balaban J connectivity index is 2.11. The van der Waals surface area contributed by atoms with Crippen molar-refractivity contribution in [3.8, 4) is 0 Å². The second-order valence-corrected chi connectivity index (χ2v) is 4.26. The number of carbonyl (C=O) groups is 1. The van der Waals surface area contributed by atoms with Crippen LogP contribution in [0.3, 0.4) is 0 Å². The van der Waals surface area contributed by atoms with Gasteiger partial charge in [0.05, 0.1) is 0 Å². The lowest BCUT2D eigenvalue weighted by Gasteiger charge is -2.15. The highest BCUT2D eigenvalue weighted by atomic mass is 16.4. The molecule has 0 aliphatic carbocycles. The molecule has 98 valence electrons. The monoisotopic (exact) mass is 256 g/mol. The maximum atomic E-state index is 11.3. The van der Waals surface area contributed by atoms with Crippen LogP contribution in [0.25, 0.3) is 0 Å². The maximum absolute atomic E-state index is 11.3. The van der Waals surface area contributed by atoms with Crippen LogP contribution >= 0.6 is 0 Å². The third-order valence-electron chi connectivity index (χ3n) is 2.93. The molecular formula is C15H16N2O2. The van der Waals surface area contributed by atoms with Crippen molar-refractivity contribution < 1.29 is 9.90 Å². The molecule has 1 unspecified atom stereocenters. The van der Waals surface area contributed by atoms with Gasteiger partial charge in [0.2, 0.25) is 0 Å². The Kier molecular flexibility index (Phi) is 4.15. The van der Waals surface area contributed by atoms with Crippen molar-refractivity contribution in [3.63, 3.8) is 0 Å². The van der Waals surface area contributed by atoms with E-state index in [0.29, 0.717) is 12.2 Å². The Morgan fingerprint density at radius 3 is 2.37 bits per heavy atom. The molecule has 4 N–H and O–H groups in total. The molecule has 1 atom stereocenters. The SMILES string of the molecule is Nc1ccccc1CNC(C(=O)O)c1ccccc1. The van der Waals surface area contributed by atoms with Gasteiger partial charge in [-0.25, -0.2) is 0 Å². The third-order valence-corrected chi connectivity index (χ3v) is 2.93. The predicted octanol–water partition coefficient (Wildman–Crippen LogP) is 2.18. The van der Waals surface area contributed by atoms with Crippen LogP contribution in [-0.2, 0) is 11.3 Å². The molecular weight excluding hydrogens is 240 g/mol. The van der Waals surface area contributed by atoms with E-state index in [2.05, 4.69) is 5.32 Å². The minimum Gasteiger partial charge on any atom is -0.480 e. The smallest absolute Gasteiger partial charge is 0.325 e. The fraction of sp³-hybridized carbons (Fsp3) is 0.133. The number of carboxylic acid groups (broad SMARTS) is 1. The third kappa shape index (κ3) is 3.33. The van der Waals surface area contributed by atoms with Gasteiger partial charge < -0.3 is 10.8 Å². The van der Waals surface area contributed by atoms with E-state index in [4.69, 9.17) is 5.73 Å². The number of para-hydroxylation sites is 1. The molecule has 0 spiro atoms. The maximum Gasteiger partial charge on any atom is 0.325 e. The quantitative estimate of drug-likeness (QED) is 0.717. The van der Waals surface area contributed by atoms with Crippen LogP contribution in [0.1, 0.15) is 17.2 Å². The Labute approximate surface area is 111 Å². The van der Waals surface area contributed by atoms with Crippen LogP contribution in [0.4, 0.5) is 5.69 Å². The molecule has 19 heavy (non-hydrogen) atoms. The molecule has 0 aliphatic rings. The highest BCUT2D eigenvalue weighted by molar-refractivity contribution is 5.75. The summed E-state index contributed by atoms with van der Waals surface area (Å²) >= 11 is 0. The number of hydrogen-bond acceptors (Lipinski definition) is 3. The zero-order valence-electron chi connectivity index (χ0n) is 10.4. The normalized spacial score (nSPS) is 12.0. The first kappa shape index (κ1) is 13.1. The molecule has 0 radical (unpaired) electrons. The van der Waals surface area contributed by atoms with Gasteiger partial charge in [0.1, 0.15) is 6.04 Å². The van der Waals surface area contributed by atoms with E-state index in [1.54, 1.807) is 18.2 Å². The van der Waals surface area contributed by atoms with Crippen molar-refractivity contribution in [2.24, 2.45) is 0 Å². The van der Waals surface area contributed by atoms with Gasteiger partial charge in [0, 0.05) is 12.2 Å². The fourth-order valence-corrected chi connectivity index (χ4v) is 1.90. The van der Waals surface area contributed by atoms with Crippen LogP contribution in [-0.4, -0.2) is 11.1 Å². The Hall–Kier alpha value is -2.33. The lowest BCUT2D eigenvalue weighted by Crippen LogP contribution is -2.28. The van der Waals surface area contributed by atoms with Crippen molar-refractivity contribution in [2.45, 2.75) is 12.6 Å². The number of nitrogen functional groups attached to an aromatic ring is 1. The van der Waals surface area contributed by atoms with Crippen LogP contribution in [0.5, 0.6) is 0 Å². The van der Waals surface area contributed by atoms with Gasteiger partial charge in [-0.2, -0.15) is 0 Å². The first-order chi connectivity index (χ1) is 9.18. The van der Waals surface area contributed by atoms with Gasteiger partial charge in [0.25, 0.3) is 0 Å². The van der Waals surface area contributed by atoms with Crippen molar-refractivity contribution in [2.75, 3.05) is 5.73 Å². The van der Waals surface area contributed by atoms with E-state index in [1.807, 2.05) is 36.4 Å². The number of rotatable bonds is 5. The van der Waals surface area contributed by atoms with E-state index in [9.17, 15) is 9.90 Å². The molecule has 4 nitrogen and oxygen atoms in total. The van der Waals surface area contributed by atoms with E-state index in [0.717, 1.165) is 11.1 Å². The van der Waals surface area contributed by atoms with Crippen molar-refractivity contribution >= 4 is 11.7 Å². The zero-order chi connectivity index (χ0) is 13.7. The Bertz CT molecular complexity index is 555. The molecule has 0 amide bonds. The molecule has 2 rings (SSSR count). The zero-order valence-corrected chi connectivity index (χ0v) is 10.4. The summed E-state index contributed by atoms with van der Waals surface area (Å²) in [5.74, 6) is -0.902. The highest BCUT2D eigenvalue weighted by Crippen LogP contribution is 2.16. The summed E-state index contributed by atoms with van der Waals surface area (Å²) in [7, 11) is 0. The van der Waals surface area contributed by atoms with Crippen molar-refractivity contribution in [1.29, 1.82) is 0 Å². The van der Waals surface area contributed by atoms with E-state index in [-0.39, 0.29) is 0 Å². The molecule has 0 fully saturated rings. The summed E-state index contributed by atoms with van der Waals surface area (Å²) in [6.07, 6.45) is 0. The number of nitrogens with one attached hydrogen (secondary N) is 1. The van der Waals surface area contributed by atoms with Gasteiger partial charge in [-0.1, -0.05) is 48.5 Å². The standard InChI is InChI=1S/C15H16N2O2/c16-13-9-5-4-8-12(13)10-17-14(15(18)19)11-6-2-1-3-7-11/h1-9,14,17H,10,16H2,(H,18,19). The number of carboxylic acids is 1. The molecule has 0 heterocycles. The molecule has 0 saturated carbocycles. The summed E-state index contributed by atoms with van der Waals surface area (Å²) in [4.78, 5) is 11.3. The second kappa shape index (κ2) is 6.02. The van der Waals surface area contributed by atoms with Crippen LogP contribution in [0.2, 0.25) is 0 Å². The van der Waals surface area contributed by atoms with E-state index in [1.165, 1.54) is 0 Å². The van der Waals surface area contributed by atoms with E-state index >= 15 is 0 Å². The number of aliphatic carboxylic acids is 1. The first-order valence-electron chi connectivity index (χ1n) is 6.03. The van der Waals surface area contributed by atoms with Gasteiger partial charge >= 0.3 is 5.97 Å². The van der Waals surface area contributed by atoms with Gasteiger partial charge in [0.15, 0.2) is 0 Å². The lowest BCUT2D eigenvalue weighted by atomic mass is 10.1. The minimum atomic E-state index is -0.902. The van der Waals surface area contributed by atoms with Crippen molar-refractivity contribution in [1.82, 2.24) is 5.32 Å². The average Bonchev–Trinajstić information content (AvgIpc) is 2.42. The summed E-state index contributed by atoms with van der Waals surface area (Å²) in [5.41, 5.74) is 8.11. The Morgan fingerprint density at radius 1 is 1.11 bits per heavy atom. The second-order valence-electron chi connectivity index (χ2n) is 4.26. The Morgan fingerprint density at radius 2 is 1.74 bits per heavy atom.